The number of aliphatic hydroxyl groups excluding tert-OH is 1. The van der Waals surface area contributed by atoms with Gasteiger partial charge in [0, 0.05) is 29.4 Å². The molecule has 2 rings (SSSR count). The Kier molecular flexibility index (Phi) is 7.35. The molecule has 0 unspecified atom stereocenters. The number of benzene rings is 1. The summed E-state index contributed by atoms with van der Waals surface area (Å²) in [4.78, 5) is 23.8. The fourth-order valence-corrected chi connectivity index (χ4v) is 3.38. The predicted molar refractivity (Wildman–Crippen MR) is 103 cm³/mol. The van der Waals surface area contributed by atoms with E-state index in [0.29, 0.717) is 19.3 Å². The average molecular weight is 429 g/mol. The molecule has 0 bridgehead atoms. The lowest BCUT2D eigenvalue weighted by Crippen LogP contribution is -2.26. The molecule has 1 amide bonds. The number of rotatable bonds is 9. The van der Waals surface area contributed by atoms with Crippen molar-refractivity contribution in [3.05, 3.63) is 40.6 Å². The van der Waals surface area contributed by atoms with Crippen molar-refractivity contribution in [2.75, 3.05) is 25.6 Å². The van der Waals surface area contributed by atoms with Crippen molar-refractivity contribution in [2.24, 2.45) is 0 Å². The van der Waals surface area contributed by atoms with Crippen molar-refractivity contribution >= 4 is 45.0 Å². The fraction of sp³-hybridized carbons (Fsp3) is 0.278. The number of hydrogen-bond acceptors (Lipinski definition) is 7. The zero-order valence-electron chi connectivity index (χ0n) is 15.2. The molecule has 0 atom stereocenters. The van der Waals surface area contributed by atoms with Gasteiger partial charge in [0.2, 0.25) is 0 Å². The maximum Gasteiger partial charge on any atom is 0.416 e. The number of hydrogen-bond donors (Lipinski definition) is 4. The number of carbonyl (C=O) groups excluding carboxylic acids is 2. The Balaban J connectivity index is 2.29. The molecule has 0 radical (unpaired) electrons. The number of nitrogens with one attached hydrogen (secondary N) is 3. The Morgan fingerprint density at radius 2 is 2.10 bits per heavy atom. The Bertz CT molecular complexity index is 954. The number of fused-ring (bicyclic) bond motifs is 1. The van der Waals surface area contributed by atoms with Gasteiger partial charge in [-0.2, -0.15) is 13.2 Å². The topological polar surface area (TPSA) is 112 Å². The maximum atomic E-state index is 12.9. The van der Waals surface area contributed by atoms with Gasteiger partial charge in [-0.1, -0.05) is 6.07 Å². The lowest BCUT2D eigenvalue weighted by molar-refractivity contribution is -0.137. The first-order chi connectivity index (χ1) is 13.7. The zero-order chi connectivity index (χ0) is 21.6. The van der Waals surface area contributed by atoms with E-state index < -0.39 is 23.4 Å². The molecule has 1 heterocycles. The standard InChI is InChI=1S/C18H18F3N3O4S/c1-28-12(8-23-5-2-6-25)15(22)17(27)24-16-11-4-3-10(18(19,20)21)7-13(11)29-14(16)9-26/h3-4,7-9,22-23,25H,2,5-6H2,1H3,(H,24,27)/b12-8+,22-15?. The van der Waals surface area contributed by atoms with Crippen molar-refractivity contribution in [2.45, 2.75) is 12.6 Å². The molecule has 2 aromatic rings. The minimum atomic E-state index is -4.54. The van der Waals surface area contributed by atoms with Crippen LogP contribution in [0.4, 0.5) is 18.9 Å². The van der Waals surface area contributed by atoms with E-state index in [4.69, 9.17) is 15.3 Å². The summed E-state index contributed by atoms with van der Waals surface area (Å²) in [5.41, 5.74) is -1.38. The van der Waals surface area contributed by atoms with Crippen LogP contribution < -0.4 is 10.6 Å². The minimum Gasteiger partial charge on any atom is -0.493 e. The number of ether oxygens (including phenoxy) is 1. The van der Waals surface area contributed by atoms with Crippen LogP contribution in [0.2, 0.25) is 0 Å². The van der Waals surface area contributed by atoms with Gasteiger partial charge in [-0.3, -0.25) is 15.0 Å². The van der Waals surface area contributed by atoms with Gasteiger partial charge in [0.15, 0.2) is 17.8 Å². The number of anilines is 1. The molecular formula is C18H18F3N3O4S. The minimum absolute atomic E-state index is 0.0309. The van der Waals surface area contributed by atoms with Crippen molar-refractivity contribution in [3.63, 3.8) is 0 Å². The van der Waals surface area contributed by atoms with Gasteiger partial charge in [-0.15, -0.1) is 11.3 Å². The molecule has 0 fully saturated rings. The highest BCUT2D eigenvalue weighted by molar-refractivity contribution is 7.21. The van der Waals surface area contributed by atoms with Gasteiger partial charge in [0.1, 0.15) is 0 Å². The van der Waals surface area contributed by atoms with Crippen LogP contribution in [-0.4, -0.2) is 43.3 Å². The monoisotopic (exact) mass is 429 g/mol. The molecule has 0 aliphatic heterocycles. The zero-order valence-corrected chi connectivity index (χ0v) is 16.0. The molecular weight excluding hydrogens is 411 g/mol. The summed E-state index contributed by atoms with van der Waals surface area (Å²) in [6.45, 7) is 0.362. The van der Waals surface area contributed by atoms with Gasteiger partial charge in [0.05, 0.1) is 23.2 Å². The number of aliphatic hydroxyl groups is 1. The largest absolute Gasteiger partial charge is 0.493 e. The SMILES string of the molecule is CO/C(=C/NCCCO)C(=N)C(=O)Nc1c(C=O)sc2cc(C(F)(F)F)ccc12. The van der Waals surface area contributed by atoms with Crippen LogP contribution in [0.25, 0.3) is 10.1 Å². The number of methoxy groups -OCH3 is 1. The summed E-state index contributed by atoms with van der Waals surface area (Å²) >= 11 is 0.806. The lowest BCUT2D eigenvalue weighted by Gasteiger charge is -2.10. The molecule has 0 spiro atoms. The van der Waals surface area contributed by atoms with Crippen molar-refractivity contribution in [1.29, 1.82) is 5.41 Å². The van der Waals surface area contributed by atoms with Gasteiger partial charge in [0.25, 0.3) is 5.91 Å². The highest BCUT2D eigenvalue weighted by Gasteiger charge is 2.31. The molecule has 156 valence electrons. The fourth-order valence-electron chi connectivity index (χ4n) is 2.37. The molecule has 11 heteroatoms. The van der Waals surface area contributed by atoms with Crippen LogP contribution in [0.5, 0.6) is 0 Å². The maximum absolute atomic E-state index is 12.9. The predicted octanol–water partition coefficient (Wildman–Crippen LogP) is 3.15. The summed E-state index contributed by atoms with van der Waals surface area (Å²) < 4.78 is 43.9. The van der Waals surface area contributed by atoms with Crippen LogP contribution in [0, 0.1) is 5.41 Å². The molecule has 0 saturated carbocycles. The van der Waals surface area contributed by atoms with E-state index in [1.54, 1.807) is 0 Å². The Labute approximate surface area is 167 Å². The number of amides is 1. The summed E-state index contributed by atoms with van der Waals surface area (Å²) in [5, 5.41) is 22.1. The molecule has 0 aliphatic carbocycles. The van der Waals surface area contributed by atoms with Crippen LogP contribution in [0.15, 0.2) is 30.2 Å². The van der Waals surface area contributed by atoms with E-state index in [-0.39, 0.29) is 33.0 Å². The highest BCUT2D eigenvalue weighted by Crippen LogP contribution is 2.39. The number of alkyl halides is 3. The first kappa shape index (κ1) is 22.4. The summed E-state index contributed by atoms with van der Waals surface area (Å²) in [5.74, 6) is -0.989. The highest BCUT2D eigenvalue weighted by atomic mass is 32.1. The molecule has 0 saturated heterocycles. The molecule has 0 aliphatic rings. The normalized spacial score (nSPS) is 12.0. The number of thiophene rings is 1. The quantitative estimate of drug-likeness (QED) is 0.212. The van der Waals surface area contributed by atoms with E-state index in [2.05, 4.69) is 10.6 Å². The molecule has 7 nitrogen and oxygen atoms in total. The van der Waals surface area contributed by atoms with Gasteiger partial charge in [-0.05, 0) is 18.6 Å². The Morgan fingerprint density at radius 1 is 1.38 bits per heavy atom. The van der Waals surface area contributed by atoms with E-state index in [1.807, 2.05) is 0 Å². The van der Waals surface area contributed by atoms with E-state index >= 15 is 0 Å². The first-order valence-corrected chi connectivity index (χ1v) is 9.12. The number of halogens is 3. The van der Waals surface area contributed by atoms with E-state index in [0.717, 1.165) is 23.5 Å². The Morgan fingerprint density at radius 3 is 2.69 bits per heavy atom. The second kappa shape index (κ2) is 9.52. The van der Waals surface area contributed by atoms with Crippen molar-refractivity contribution < 1.29 is 32.6 Å². The number of carbonyl (C=O) groups is 2. The van der Waals surface area contributed by atoms with Gasteiger partial charge >= 0.3 is 6.18 Å². The second-order valence-electron chi connectivity index (χ2n) is 5.74. The van der Waals surface area contributed by atoms with E-state index in [1.165, 1.54) is 19.4 Å². The number of aldehydes is 1. The van der Waals surface area contributed by atoms with E-state index in [9.17, 15) is 22.8 Å². The van der Waals surface area contributed by atoms with Gasteiger partial charge < -0.3 is 20.5 Å². The third-order valence-corrected chi connectivity index (χ3v) is 4.87. The first-order valence-electron chi connectivity index (χ1n) is 8.30. The third-order valence-electron chi connectivity index (χ3n) is 3.80. The summed E-state index contributed by atoms with van der Waals surface area (Å²) in [6, 6.07) is 2.93. The van der Waals surface area contributed by atoms with Gasteiger partial charge in [-0.25, -0.2) is 0 Å². The van der Waals surface area contributed by atoms with Crippen molar-refractivity contribution in [1.82, 2.24) is 5.32 Å². The molecule has 4 N–H and O–H groups in total. The smallest absolute Gasteiger partial charge is 0.416 e. The van der Waals surface area contributed by atoms with Crippen LogP contribution >= 0.6 is 11.3 Å². The molecule has 29 heavy (non-hydrogen) atoms. The average Bonchev–Trinajstić information content (AvgIpc) is 3.03. The molecule has 1 aromatic heterocycles. The van der Waals surface area contributed by atoms with Crippen LogP contribution in [0.1, 0.15) is 21.7 Å². The van der Waals surface area contributed by atoms with Crippen molar-refractivity contribution in [3.8, 4) is 0 Å². The second-order valence-corrected chi connectivity index (χ2v) is 6.82. The van der Waals surface area contributed by atoms with Crippen LogP contribution in [-0.2, 0) is 15.7 Å². The summed E-state index contributed by atoms with van der Waals surface area (Å²) in [6.07, 6.45) is -2.36. The summed E-state index contributed by atoms with van der Waals surface area (Å²) in [7, 11) is 1.26. The lowest BCUT2D eigenvalue weighted by atomic mass is 10.1. The Hall–Kier alpha value is -2.92. The third kappa shape index (κ3) is 5.33. The van der Waals surface area contributed by atoms with Crippen LogP contribution in [0.3, 0.4) is 0 Å². The molecule has 1 aromatic carbocycles.